The van der Waals surface area contributed by atoms with Crippen LogP contribution in [0.4, 0.5) is 5.69 Å². The summed E-state index contributed by atoms with van der Waals surface area (Å²) in [6.45, 7) is 1.37. The SMILES string of the molecule is COc1cc(/C=N\NS(=O)(=O)c2ccc(NC(C)=O)cc2)cc(Br)c1OC. The molecule has 27 heavy (non-hydrogen) atoms. The molecule has 0 fully saturated rings. The number of carbonyl (C=O) groups is 1. The van der Waals surface area contributed by atoms with Crippen molar-refractivity contribution in [2.45, 2.75) is 11.8 Å². The van der Waals surface area contributed by atoms with Gasteiger partial charge in [0.05, 0.1) is 29.8 Å². The van der Waals surface area contributed by atoms with Gasteiger partial charge in [0.1, 0.15) is 0 Å². The number of hydrogen-bond donors (Lipinski definition) is 2. The highest BCUT2D eigenvalue weighted by atomic mass is 79.9. The summed E-state index contributed by atoms with van der Waals surface area (Å²) < 4.78 is 35.6. The first-order chi connectivity index (χ1) is 12.8. The first kappa shape index (κ1) is 20.7. The minimum absolute atomic E-state index is 0.0160. The molecule has 2 aromatic carbocycles. The van der Waals surface area contributed by atoms with Crippen LogP contribution in [0.15, 0.2) is 50.9 Å². The molecule has 8 nitrogen and oxygen atoms in total. The molecule has 2 rings (SSSR count). The van der Waals surface area contributed by atoms with Crippen molar-refractivity contribution in [3.05, 3.63) is 46.4 Å². The van der Waals surface area contributed by atoms with Crippen molar-refractivity contribution in [1.29, 1.82) is 0 Å². The lowest BCUT2D eigenvalue weighted by atomic mass is 10.2. The number of sulfonamides is 1. The summed E-state index contributed by atoms with van der Waals surface area (Å²) in [6.07, 6.45) is 1.34. The molecule has 0 saturated heterocycles. The molecule has 10 heteroatoms. The lowest BCUT2D eigenvalue weighted by Crippen LogP contribution is -2.18. The van der Waals surface area contributed by atoms with Gasteiger partial charge in [0.25, 0.3) is 10.0 Å². The van der Waals surface area contributed by atoms with Crippen LogP contribution in [-0.2, 0) is 14.8 Å². The predicted molar refractivity (Wildman–Crippen MR) is 106 cm³/mol. The van der Waals surface area contributed by atoms with Gasteiger partial charge in [0.15, 0.2) is 11.5 Å². The lowest BCUT2D eigenvalue weighted by Gasteiger charge is -2.10. The zero-order valence-electron chi connectivity index (χ0n) is 14.8. The van der Waals surface area contributed by atoms with Crippen molar-refractivity contribution in [2.75, 3.05) is 19.5 Å². The van der Waals surface area contributed by atoms with Crippen LogP contribution in [0, 0.1) is 0 Å². The highest BCUT2D eigenvalue weighted by Gasteiger charge is 2.13. The van der Waals surface area contributed by atoms with E-state index in [1.807, 2.05) is 0 Å². The largest absolute Gasteiger partial charge is 0.493 e. The van der Waals surface area contributed by atoms with Gasteiger partial charge in [-0.05, 0) is 57.9 Å². The first-order valence-corrected chi connectivity index (χ1v) is 9.88. The van der Waals surface area contributed by atoms with E-state index in [-0.39, 0.29) is 10.8 Å². The average molecular weight is 456 g/mol. The van der Waals surface area contributed by atoms with Crippen LogP contribution in [0.3, 0.4) is 0 Å². The maximum atomic E-state index is 12.3. The smallest absolute Gasteiger partial charge is 0.276 e. The Morgan fingerprint density at radius 1 is 1.15 bits per heavy atom. The van der Waals surface area contributed by atoms with Gasteiger partial charge < -0.3 is 14.8 Å². The Hall–Kier alpha value is -2.59. The third-order valence-corrected chi connectivity index (χ3v) is 5.15. The van der Waals surface area contributed by atoms with Crippen LogP contribution in [0.5, 0.6) is 11.5 Å². The van der Waals surface area contributed by atoms with E-state index in [0.29, 0.717) is 27.2 Å². The Kier molecular flexibility index (Phi) is 6.81. The molecule has 0 aliphatic carbocycles. The molecule has 0 spiro atoms. The molecule has 0 aromatic heterocycles. The van der Waals surface area contributed by atoms with Crippen LogP contribution in [-0.4, -0.2) is 34.8 Å². The fourth-order valence-electron chi connectivity index (χ4n) is 2.16. The van der Waals surface area contributed by atoms with Crippen molar-refractivity contribution in [3.8, 4) is 11.5 Å². The fourth-order valence-corrected chi connectivity index (χ4v) is 3.57. The summed E-state index contributed by atoms with van der Waals surface area (Å²) in [5, 5.41) is 6.35. The Morgan fingerprint density at radius 2 is 1.81 bits per heavy atom. The fraction of sp³-hybridized carbons (Fsp3) is 0.176. The summed E-state index contributed by atoms with van der Waals surface area (Å²) >= 11 is 3.36. The van der Waals surface area contributed by atoms with Crippen molar-refractivity contribution < 1.29 is 22.7 Å². The predicted octanol–water partition coefficient (Wildman–Crippen LogP) is 2.74. The molecule has 144 valence electrons. The second-order valence-electron chi connectivity index (χ2n) is 5.30. The minimum atomic E-state index is -3.84. The van der Waals surface area contributed by atoms with Crippen LogP contribution < -0.4 is 19.6 Å². The van der Waals surface area contributed by atoms with Gasteiger partial charge in [-0.15, -0.1) is 0 Å². The van der Waals surface area contributed by atoms with Gasteiger partial charge >= 0.3 is 0 Å². The standard InChI is InChI=1S/C17H18BrN3O5S/c1-11(22)20-13-4-6-14(7-5-13)27(23,24)21-19-10-12-8-15(18)17(26-3)16(9-12)25-2/h4-10,21H,1-3H3,(H,20,22)/b19-10-. The van der Waals surface area contributed by atoms with E-state index >= 15 is 0 Å². The molecule has 0 atom stereocenters. The van der Waals surface area contributed by atoms with Crippen molar-refractivity contribution in [1.82, 2.24) is 4.83 Å². The highest BCUT2D eigenvalue weighted by molar-refractivity contribution is 9.10. The molecule has 2 aromatic rings. The molecular weight excluding hydrogens is 438 g/mol. The Morgan fingerprint density at radius 3 is 2.37 bits per heavy atom. The van der Waals surface area contributed by atoms with Crippen molar-refractivity contribution in [3.63, 3.8) is 0 Å². The number of benzene rings is 2. The zero-order chi connectivity index (χ0) is 20.0. The van der Waals surface area contributed by atoms with Crippen LogP contribution in [0.2, 0.25) is 0 Å². The van der Waals surface area contributed by atoms with Gasteiger partial charge in [-0.25, -0.2) is 4.83 Å². The number of methoxy groups -OCH3 is 2. The number of halogens is 1. The normalized spacial score (nSPS) is 11.3. The quantitative estimate of drug-likeness (QED) is 0.493. The van der Waals surface area contributed by atoms with Crippen LogP contribution >= 0.6 is 15.9 Å². The second-order valence-corrected chi connectivity index (χ2v) is 7.81. The van der Waals surface area contributed by atoms with Gasteiger partial charge in [-0.3, -0.25) is 4.79 Å². The number of anilines is 1. The third-order valence-electron chi connectivity index (χ3n) is 3.33. The van der Waals surface area contributed by atoms with Gasteiger partial charge in [0.2, 0.25) is 5.91 Å². The van der Waals surface area contributed by atoms with Gasteiger partial charge in [-0.2, -0.15) is 13.5 Å². The van der Waals surface area contributed by atoms with Crippen molar-refractivity contribution >= 4 is 43.8 Å². The number of hydrazone groups is 1. The molecule has 0 aliphatic heterocycles. The van der Waals surface area contributed by atoms with E-state index in [4.69, 9.17) is 9.47 Å². The topological polar surface area (TPSA) is 106 Å². The van der Waals surface area contributed by atoms with Gasteiger partial charge in [0, 0.05) is 12.6 Å². The lowest BCUT2D eigenvalue weighted by molar-refractivity contribution is -0.114. The van der Waals surface area contributed by atoms with E-state index in [9.17, 15) is 13.2 Å². The van der Waals surface area contributed by atoms with E-state index in [0.717, 1.165) is 0 Å². The van der Waals surface area contributed by atoms with E-state index in [2.05, 4.69) is 31.2 Å². The minimum Gasteiger partial charge on any atom is -0.493 e. The molecular formula is C17H18BrN3O5S. The summed E-state index contributed by atoms with van der Waals surface area (Å²) in [5.41, 5.74) is 1.10. The van der Waals surface area contributed by atoms with E-state index in [1.54, 1.807) is 12.1 Å². The number of nitrogens with one attached hydrogen (secondary N) is 2. The molecule has 0 radical (unpaired) electrons. The third kappa shape index (κ3) is 5.44. The Bertz CT molecular complexity index is 959. The molecule has 2 N–H and O–H groups in total. The van der Waals surface area contributed by atoms with Crippen LogP contribution in [0.1, 0.15) is 12.5 Å². The summed E-state index contributed by atoms with van der Waals surface area (Å²) in [4.78, 5) is 13.2. The van der Waals surface area contributed by atoms with Crippen molar-refractivity contribution in [2.24, 2.45) is 5.10 Å². The maximum Gasteiger partial charge on any atom is 0.276 e. The molecule has 0 unspecified atom stereocenters. The monoisotopic (exact) mass is 455 g/mol. The number of rotatable bonds is 7. The number of amides is 1. The molecule has 0 heterocycles. The summed E-state index contributed by atoms with van der Waals surface area (Å²) in [6, 6.07) is 9.09. The second kappa shape index (κ2) is 8.87. The number of ether oxygens (including phenoxy) is 2. The number of carbonyl (C=O) groups excluding carboxylic acids is 1. The zero-order valence-corrected chi connectivity index (χ0v) is 17.2. The van der Waals surface area contributed by atoms with Crippen LogP contribution in [0.25, 0.3) is 0 Å². The summed E-state index contributed by atoms with van der Waals surface area (Å²) in [7, 11) is -0.828. The van der Waals surface area contributed by atoms with E-state index in [1.165, 1.54) is 51.6 Å². The average Bonchev–Trinajstić information content (AvgIpc) is 2.61. The molecule has 1 amide bonds. The highest BCUT2D eigenvalue weighted by Crippen LogP contribution is 2.35. The Balaban J connectivity index is 2.15. The summed E-state index contributed by atoms with van der Waals surface area (Å²) in [5.74, 6) is 0.758. The molecule has 0 saturated carbocycles. The molecule has 0 aliphatic rings. The van der Waals surface area contributed by atoms with Gasteiger partial charge in [-0.1, -0.05) is 0 Å². The first-order valence-electron chi connectivity index (χ1n) is 7.61. The number of nitrogens with zero attached hydrogens (tertiary/aromatic N) is 1. The molecule has 0 bridgehead atoms. The Labute approximate surface area is 165 Å². The maximum absolute atomic E-state index is 12.3. The number of hydrogen-bond acceptors (Lipinski definition) is 6. The van der Waals surface area contributed by atoms with E-state index < -0.39 is 10.0 Å².